The topological polar surface area (TPSA) is 57.6 Å². The molecule has 100 valence electrons. The van der Waals surface area contributed by atoms with E-state index in [2.05, 4.69) is 24.0 Å². The normalized spacial score (nSPS) is 19.6. The summed E-state index contributed by atoms with van der Waals surface area (Å²) in [6, 6.07) is 5.98. The molecule has 0 aliphatic heterocycles. The molecule has 1 aliphatic carbocycles. The van der Waals surface area contributed by atoms with Crippen molar-refractivity contribution in [2.24, 2.45) is 10.6 Å². The van der Waals surface area contributed by atoms with Crippen LogP contribution in [-0.2, 0) is 6.42 Å². The molecule has 1 aliphatic rings. The first-order valence-corrected chi connectivity index (χ1v) is 6.48. The second-order valence-electron chi connectivity index (χ2n) is 5.72. The van der Waals surface area contributed by atoms with Crippen LogP contribution in [-0.4, -0.2) is 23.0 Å². The largest absolute Gasteiger partial charge is 0.497 e. The van der Waals surface area contributed by atoms with Crippen molar-refractivity contribution < 1.29 is 9.94 Å². The number of H-pyrrole nitrogens is 1. The van der Waals surface area contributed by atoms with E-state index in [9.17, 15) is 5.21 Å². The number of aryl methyl sites for hydroxylation is 1. The number of aromatic amines is 1. The molecule has 0 spiro atoms. The molecule has 0 fully saturated rings. The number of hydrogen-bond donors (Lipinski definition) is 2. The molecule has 1 aromatic heterocycles. The van der Waals surface area contributed by atoms with E-state index in [1.165, 1.54) is 5.56 Å². The van der Waals surface area contributed by atoms with Crippen molar-refractivity contribution in [3.05, 3.63) is 29.5 Å². The molecular weight excluding hydrogens is 240 g/mol. The second kappa shape index (κ2) is 4.02. The highest BCUT2D eigenvalue weighted by atomic mass is 16.5. The van der Waals surface area contributed by atoms with Gasteiger partial charge in [0.1, 0.15) is 11.5 Å². The van der Waals surface area contributed by atoms with Gasteiger partial charge in [0, 0.05) is 16.3 Å². The summed E-state index contributed by atoms with van der Waals surface area (Å²) in [6.45, 7) is 4.22. The van der Waals surface area contributed by atoms with Crippen molar-refractivity contribution in [3.8, 4) is 5.75 Å². The van der Waals surface area contributed by atoms with Gasteiger partial charge >= 0.3 is 0 Å². The highest BCUT2D eigenvalue weighted by Gasteiger charge is 2.35. The quantitative estimate of drug-likeness (QED) is 0.609. The summed E-state index contributed by atoms with van der Waals surface area (Å²) < 4.78 is 5.28. The second-order valence-corrected chi connectivity index (χ2v) is 5.72. The zero-order chi connectivity index (χ0) is 13.6. The molecule has 0 amide bonds. The molecule has 19 heavy (non-hydrogen) atoms. The van der Waals surface area contributed by atoms with E-state index in [4.69, 9.17) is 4.74 Å². The monoisotopic (exact) mass is 258 g/mol. The smallest absolute Gasteiger partial charge is 0.119 e. The summed E-state index contributed by atoms with van der Waals surface area (Å²) in [7, 11) is 1.67. The van der Waals surface area contributed by atoms with Crippen LogP contribution in [0.5, 0.6) is 5.75 Å². The Labute approximate surface area is 112 Å². The molecule has 3 rings (SSSR count). The highest BCUT2D eigenvalue weighted by molar-refractivity contribution is 6.09. The predicted molar refractivity (Wildman–Crippen MR) is 75.3 cm³/mol. The molecule has 0 saturated heterocycles. The van der Waals surface area contributed by atoms with Crippen molar-refractivity contribution in [2.75, 3.05) is 7.11 Å². The van der Waals surface area contributed by atoms with E-state index < -0.39 is 0 Å². The molecule has 0 radical (unpaired) electrons. The lowest BCUT2D eigenvalue weighted by molar-refractivity contribution is 0.305. The van der Waals surface area contributed by atoms with Crippen LogP contribution in [0.1, 0.15) is 31.5 Å². The van der Waals surface area contributed by atoms with Crippen LogP contribution in [0.25, 0.3) is 10.9 Å². The maximum Gasteiger partial charge on any atom is 0.119 e. The van der Waals surface area contributed by atoms with Gasteiger partial charge in [-0.15, -0.1) is 0 Å². The van der Waals surface area contributed by atoms with Gasteiger partial charge in [0.25, 0.3) is 0 Å². The van der Waals surface area contributed by atoms with Crippen LogP contribution >= 0.6 is 0 Å². The van der Waals surface area contributed by atoms with E-state index in [1.807, 2.05) is 18.2 Å². The SMILES string of the molecule is COc1ccc2[nH]c3c(c2c1)CCC(C)(C)C3=NO. The fourth-order valence-electron chi connectivity index (χ4n) is 2.90. The van der Waals surface area contributed by atoms with Gasteiger partial charge in [0.15, 0.2) is 0 Å². The van der Waals surface area contributed by atoms with Gasteiger partial charge in [0.2, 0.25) is 0 Å². The Bertz CT molecular complexity index is 668. The lowest BCUT2D eigenvalue weighted by Crippen LogP contribution is -2.31. The predicted octanol–water partition coefficient (Wildman–Crippen LogP) is 3.33. The van der Waals surface area contributed by atoms with Crippen LogP contribution in [0.4, 0.5) is 0 Å². The van der Waals surface area contributed by atoms with Gasteiger partial charge in [-0.25, -0.2) is 0 Å². The summed E-state index contributed by atoms with van der Waals surface area (Å²) in [5.74, 6) is 0.849. The van der Waals surface area contributed by atoms with Gasteiger partial charge in [-0.1, -0.05) is 19.0 Å². The summed E-state index contributed by atoms with van der Waals surface area (Å²) in [5, 5.41) is 14.0. The third-order valence-electron chi connectivity index (χ3n) is 4.09. The molecule has 1 heterocycles. The number of hydrogen-bond acceptors (Lipinski definition) is 3. The number of fused-ring (bicyclic) bond motifs is 3. The Balaban J connectivity index is 2.26. The van der Waals surface area contributed by atoms with Crippen molar-refractivity contribution >= 4 is 16.6 Å². The summed E-state index contributed by atoms with van der Waals surface area (Å²) in [4.78, 5) is 3.38. The molecule has 4 nitrogen and oxygen atoms in total. The third-order valence-corrected chi connectivity index (χ3v) is 4.09. The minimum atomic E-state index is -0.104. The fourth-order valence-corrected chi connectivity index (χ4v) is 2.90. The first-order chi connectivity index (χ1) is 9.06. The van der Waals surface area contributed by atoms with E-state index in [1.54, 1.807) is 7.11 Å². The maximum atomic E-state index is 9.34. The van der Waals surface area contributed by atoms with Crippen LogP contribution in [0, 0.1) is 5.41 Å². The van der Waals surface area contributed by atoms with Crippen LogP contribution in [0.15, 0.2) is 23.4 Å². The molecule has 2 N–H and O–H groups in total. The number of methoxy groups -OCH3 is 1. The van der Waals surface area contributed by atoms with Gasteiger partial charge < -0.3 is 14.9 Å². The number of nitrogens with one attached hydrogen (secondary N) is 1. The highest BCUT2D eigenvalue weighted by Crippen LogP contribution is 2.39. The van der Waals surface area contributed by atoms with E-state index in [0.717, 1.165) is 40.9 Å². The first-order valence-electron chi connectivity index (χ1n) is 6.48. The van der Waals surface area contributed by atoms with Gasteiger partial charge in [0.05, 0.1) is 12.8 Å². The molecule has 0 unspecified atom stereocenters. The minimum absolute atomic E-state index is 0.104. The Morgan fingerprint density at radius 1 is 1.37 bits per heavy atom. The molecule has 1 aromatic carbocycles. The minimum Gasteiger partial charge on any atom is -0.497 e. The zero-order valence-corrected chi connectivity index (χ0v) is 11.4. The summed E-state index contributed by atoms with van der Waals surface area (Å²) >= 11 is 0. The number of aromatic nitrogens is 1. The Kier molecular flexibility index (Phi) is 2.55. The lowest BCUT2D eigenvalue weighted by atomic mass is 9.75. The van der Waals surface area contributed by atoms with Crippen molar-refractivity contribution in [1.29, 1.82) is 0 Å². The first kappa shape index (κ1) is 12.1. The fraction of sp³-hybridized carbons (Fsp3) is 0.400. The van der Waals surface area contributed by atoms with Gasteiger partial charge in [-0.2, -0.15) is 0 Å². The van der Waals surface area contributed by atoms with Crippen molar-refractivity contribution in [1.82, 2.24) is 4.98 Å². The molecule has 2 aromatic rings. The van der Waals surface area contributed by atoms with E-state index in [0.29, 0.717) is 0 Å². The average Bonchev–Trinajstić information content (AvgIpc) is 2.74. The molecule has 0 atom stereocenters. The Morgan fingerprint density at radius 3 is 2.84 bits per heavy atom. The summed E-state index contributed by atoms with van der Waals surface area (Å²) in [6.07, 6.45) is 1.96. The van der Waals surface area contributed by atoms with Crippen molar-refractivity contribution in [2.45, 2.75) is 26.7 Å². The molecule has 4 heteroatoms. The average molecular weight is 258 g/mol. The van der Waals surface area contributed by atoms with Crippen LogP contribution in [0.3, 0.4) is 0 Å². The summed E-state index contributed by atoms with van der Waals surface area (Å²) in [5.41, 5.74) is 3.88. The molecule has 0 bridgehead atoms. The van der Waals surface area contributed by atoms with E-state index in [-0.39, 0.29) is 5.41 Å². The third kappa shape index (κ3) is 1.70. The Hall–Kier alpha value is -1.97. The molecular formula is C15H18N2O2. The standard InChI is InChI=1S/C15H18N2O2/c1-15(2)7-6-10-11-8-9(19-3)4-5-12(11)16-13(10)14(15)17-18/h4-5,8,16,18H,6-7H2,1-3H3. The Morgan fingerprint density at radius 2 is 2.16 bits per heavy atom. The van der Waals surface area contributed by atoms with Crippen LogP contribution in [0.2, 0.25) is 0 Å². The van der Waals surface area contributed by atoms with Crippen LogP contribution < -0.4 is 4.74 Å². The lowest BCUT2D eigenvalue weighted by Gasteiger charge is -2.30. The zero-order valence-electron chi connectivity index (χ0n) is 11.4. The van der Waals surface area contributed by atoms with E-state index >= 15 is 0 Å². The van der Waals surface area contributed by atoms with Crippen molar-refractivity contribution in [3.63, 3.8) is 0 Å². The number of ether oxygens (including phenoxy) is 1. The number of benzene rings is 1. The number of oxime groups is 1. The number of rotatable bonds is 1. The number of nitrogens with zero attached hydrogens (tertiary/aromatic N) is 1. The van der Waals surface area contributed by atoms with Gasteiger partial charge in [-0.3, -0.25) is 0 Å². The van der Waals surface area contributed by atoms with Gasteiger partial charge in [-0.05, 0) is 36.6 Å². The maximum absolute atomic E-state index is 9.34. The molecule has 0 saturated carbocycles.